The second-order valence-corrected chi connectivity index (χ2v) is 19.8. The van der Waals surface area contributed by atoms with Crippen LogP contribution in [0.25, 0.3) is 133 Å². The molecule has 5 nitrogen and oxygen atoms in total. The Bertz CT molecular complexity index is 4350. The molecule has 0 bridgehead atoms. The average Bonchev–Trinajstić information content (AvgIpc) is 4.08. The van der Waals surface area contributed by atoms with Crippen molar-refractivity contribution in [3.63, 3.8) is 0 Å². The maximum Gasteiger partial charge on any atom is 0.144 e. The zero-order valence-corrected chi connectivity index (χ0v) is 42.1. The predicted octanol–water partition coefficient (Wildman–Crippen LogP) is 18.3. The van der Waals surface area contributed by atoms with Crippen molar-refractivity contribution < 1.29 is 0 Å². The van der Waals surface area contributed by atoms with Crippen LogP contribution in [0.5, 0.6) is 0 Å². The fourth-order valence-electron chi connectivity index (χ4n) is 11.3. The topological polar surface area (TPSA) is 47.5 Å². The Hall–Kier alpha value is -9.97. The molecule has 5 aromatic heterocycles. The van der Waals surface area contributed by atoms with Gasteiger partial charge in [0.15, 0.2) is 0 Å². The monoisotopic (exact) mass is 971 g/mol. The molecule has 0 unspecified atom stereocenters. The van der Waals surface area contributed by atoms with Crippen molar-refractivity contribution in [2.75, 3.05) is 0 Å². The zero-order chi connectivity index (χ0) is 50.7. The lowest BCUT2D eigenvalue weighted by molar-refractivity contribution is 1.20. The quantitative estimate of drug-likeness (QED) is 0.145. The molecule has 76 heavy (non-hydrogen) atoms. The van der Waals surface area contributed by atoms with E-state index < -0.39 is 0 Å². The molecule has 0 aliphatic rings. The summed E-state index contributed by atoms with van der Waals surface area (Å²) in [4.78, 5) is 14.6. The summed E-state index contributed by atoms with van der Waals surface area (Å²) in [5, 5.41) is 4.57. The fraction of sp³-hybridized carbons (Fsp3) is 0.0282. The van der Waals surface area contributed by atoms with Crippen LogP contribution in [-0.4, -0.2) is 23.8 Å². The van der Waals surface area contributed by atoms with Crippen LogP contribution in [0.2, 0.25) is 0 Å². The molecule has 358 valence electrons. The van der Waals surface area contributed by atoms with E-state index in [-0.39, 0.29) is 0 Å². The molecule has 0 amide bonds. The minimum absolute atomic E-state index is 0.937. The molecule has 0 radical (unpaired) electrons. The largest absolute Gasteiger partial charge is 0.306 e. The summed E-state index contributed by atoms with van der Waals surface area (Å²) < 4.78 is 4.23. The minimum Gasteiger partial charge on any atom is -0.306 e. The van der Waals surface area contributed by atoms with Gasteiger partial charge in [-0.15, -0.1) is 0 Å². The van der Waals surface area contributed by atoms with Gasteiger partial charge in [0.2, 0.25) is 0 Å². The normalized spacial score (nSPS) is 11.6. The molecule has 0 spiro atoms. The number of hydrogen-bond acceptors (Lipinski definition) is 3. The van der Waals surface area contributed by atoms with Crippen LogP contribution in [0.1, 0.15) is 11.4 Å². The third kappa shape index (κ3) is 8.03. The van der Waals surface area contributed by atoms with Gasteiger partial charge in [-0.3, -0.25) is 4.98 Å². The minimum atomic E-state index is 0.937. The summed E-state index contributed by atoms with van der Waals surface area (Å²) in [5.74, 6) is 0. The fourth-order valence-corrected chi connectivity index (χ4v) is 11.3. The Morgan fingerprint density at radius 2 is 0.711 bits per heavy atom. The Balaban J connectivity index is 0.966. The molecule has 9 aromatic carbocycles. The first kappa shape index (κ1) is 44.7. The van der Waals surface area contributed by atoms with Crippen molar-refractivity contribution in [3.05, 3.63) is 273 Å². The summed E-state index contributed by atoms with van der Waals surface area (Å²) in [6, 6.07) is 84.3. The molecular formula is C71H49N5. The van der Waals surface area contributed by atoms with Crippen LogP contribution in [0.4, 0.5) is 0 Å². The van der Waals surface area contributed by atoms with E-state index in [0.29, 0.717) is 0 Å². The van der Waals surface area contributed by atoms with E-state index in [4.69, 9.17) is 15.0 Å². The number of nitrogens with zero attached hydrogens (tertiary/aromatic N) is 5. The number of fused-ring (bicyclic) bond motifs is 6. The van der Waals surface area contributed by atoms with Gasteiger partial charge in [0.05, 0.1) is 17.1 Å². The summed E-state index contributed by atoms with van der Waals surface area (Å²) in [6.07, 6.45) is 10.3. The summed E-state index contributed by atoms with van der Waals surface area (Å²) in [6.45, 7) is 4.10. The molecule has 0 fully saturated rings. The summed E-state index contributed by atoms with van der Waals surface area (Å²) in [5.41, 5.74) is 24.3. The molecule has 14 rings (SSSR count). The predicted molar refractivity (Wildman–Crippen MR) is 315 cm³/mol. The molecule has 0 atom stereocenters. The number of aryl methyl sites for hydroxylation is 2. The van der Waals surface area contributed by atoms with Crippen LogP contribution >= 0.6 is 0 Å². The standard InChI is InChI=1S/C71H49N5/c1-46-44-75-36-33-53-38-51(27-30-64(53)70(75)73-46)59-16-6-8-18-61(59)56-40-57(62-19-9-7-17-60(62)52-28-31-65-54(39-52)34-37-76-45-47(2)74-71(65)76)42-58(41-56)63-20-10-11-21-66(63)67-32-29-55(69-22-12-13-35-72-69)43-68(67)50-25-23-49(24-26-50)48-14-4-3-5-15-48/h3-45H,1-2H3. The van der Waals surface area contributed by atoms with Gasteiger partial charge >= 0.3 is 0 Å². The highest BCUT2D eigenvalue weighted by Gasteiger charge is 2.20. The maximum absolute atomic E-state index is 4.88. The molecule has 0 aliphatic carbocycles. The maximum atomic E-state index is 4.88. The smallest absolute Gasteiger partial charge is 0.144 e. The molecule has 0 saturated carbocycles. The highest BCUT2D eigenvalue weighted by molar-refractivity contribution is 6.02. The van der Waals surface area contributed by atoms with Crippen molar-refractivity contribution in [1.29, 1.82) is 0 Å². The van der Waals surface area contributed by atoms with E-state index in [2.05, 4.69) is 258 Å². The number of hydrogen-bond donors (Lipinski definition) is 0. The van der Waals surface area contributed by atoms with E-state index in [1.165, 1.54) is 11.1 Å². The van der Waals surface area contributed by atoms with Crippen molar-refractivity contribution in [3.8, 4) is 100 Å². The van der Waals surface area contributed by atoms with Crippen LogP contribution in [0.15, 0.2) is 262 Å². The Morgan fingerprint density at radius 3 is 1.24 bits per heavy atom. The van der Waals surface area contributed by atoms with Crippen LogP contribution in [0, 0.1) is 13.8 Å². The van der Waals surface area contributed by atoms with E-state index in [1.54, 1.807) is 0 Å². The van der Waals surface area contributed by atoms with Gasteiger partial charge in [-0.05, 0) is 174 Å². The molecule has 14 aromatic rings. The van der Waals surface area contributed by atoms with Gasteiger partial charge in [-0.25, -0.2) is 9.97 Å². The van der Waals surface area contributed by atoms with Crippen molar-refractivity contribution >= 4 is 32.8 Å². The van der Waals surface area contributed by atoms with Gasteiger partial charge in [-0.1, -0.05) is 170 Å². The van der Waals surface area contributed by atoms with Crippen LogP contribution < -0.4 is 0 Å². The molecule has 5 heteroatoms. The van der Waals surface area contributed by atoms with Gasteiger partial charge in [0, 0.05) is 47.3 Å². The first-order chi connectivity index (χ1) is 37.5. The van der Waals surface area contributed by atoms with Crippen molar-refractivity contribution in [2.45, 2.75) is 13.8 Å². The number of imidazole rings is 2. The number of benzene rings is 9. The molecule has 5 heterocycles. The second-order valence-electron chi connectivity index (χ2n) is 19.8. The first-order valence-electron chi connectivity index (χ1n) is 25.9. The SMILES string of the molecule is Cc1cn2ccc3cc(-c4ccccc4-c4cc(-c5ccccc5-c5ccc6c(ccn7cc(C)nc67)c5)cc(-c5ccccc5-c5ccc(-c6ccccn6)cc5-c5ccc(-c6ccccc6)cc5)c4)ccc3c2n1. The highest BCUT2D eigenvalue weighted by Crippen LogP contribution is 2.45. The van der Waals surface area contributed by atoms with Gasteiger partial charge in [0.25, 0.3) is 0 Å². The number of aromatic nitrogens is 5. The lowest BCUT2D eigenvalue weighted by Crippen LogP contribution is -1.94. The first-order valence-corrected chi connectivity index (χ1v) is 25.9. The average molecular weight is 972 g/mol. The Morgan fingerprint density at radius 1 is 0.289 bits per heavy atom. The molecule has 0 aliphatic heterocycles. The third-order valence-corrected chi connectivity index (χ3v) is 15.0. The van der Waals surface area contributed by atoms with E-state index in [9.17, 15) is 0 Å². The van der Waals surface area contributed by atoms with E-state index >= 15 is 0 Å². The number of pyridine rings is 3. The van der Waals surface area contributed by atoms with E-state index in [0.717, 1.165) is 133 Å². The van der Waals surface area contributed by atoms with Crippen LogP contribution in [-0.2, 0) is 0 Å². The zero-order valence-electron chi connectivity index (χ0n) is 42.1. The Kier molecular flexibility index (Phi) is 10.9. The van der Waals surface area contributed by atoms with E-state index in [1.807, 2.05) is 26.1 Å². The van der Waals surface area contributed by atoms with Gasteiger partial charge < -0.3 is 8.80 Å². The summed E-state index contributed by atoms with van der Waals surface area (Å²) >= 11 is 0. The van der Waals surface area contributed by atoms with Crippen molar-refractivity contribution in [1.82, 2.24) is 23.8 Å². The van der Waals surface area contributed by atoms with Crippen LogP contribution in [0.3, 0.4) is 0 Å². The van der Waals surface area contributed by atoms with Gasteiger partial charge in [0.1, 0.15) is 11.3 Å². The second kappa shape index (κ2) is 18.5. The lowest BCUT2D eigenvalue weighted by Gasteiger charge is -2.19. The molecular weight excluding hydrogens is 923 g/mol. The highest BCUT2D eigenvalue weighted by atomic mass is 15.0. The van der Waals surface area contributed by atoms with Gasteiger partial charge in [-0.2, -0.15) is 0 Å². The summed E-state index contributed by atoms with van der Waals surface area (Å²) in [7, 11) is 0. The number of rotatable bonds is 9. The Labute approximate surface area is 441 Å². The van der Waals surface area contributed by atoms with Crippen molar-refractivity contribution in [2.24, 2.45) is 0 Å². The lowest BCUT2D eigenvalue weighted by atomic mass is 9.84. The molecule has 0 saturated heterocycles. The third-order valence-electron chi connectivity index (χ3n) is 15.0. The molecule has 0 N–H and O–H groups in total.